The van der Waals surface area contributed by atoms with Crippen molar-refractivity contribution in [3.63, 3.8) is 0 Å². The van der Waals surface area contributed by atoms with Gasteiger partial charge in [0, 0.05) is 0 Å². The van der Waals surface area contributed by atoms with E-state index in [9.17, 15) is 9.59 Å². The summed E-state index contributed by atoms with van der Waals surface area (Å²) in [6.45, 7) is 13.4. The van der Waals surface area contributed by atoms with E-state index in [1.807, 2.05) is 64.1 Å². The van der Waals surface area contributed by atoms with Crippen molar-refractivity contribution in [2.45, 2.75) is 71.3 Å². The number of hydrogen-bond acceptors (Lipinski definition) is 6. The minimum absolute atomic E-state index is 0.348. The number of carbonyl (C=O) groups excluding carboxylic acids is 2. The summed E-state index contributed by atoms with van der Waals surface area (Å²) in [7, 11) is -1.28. The number of nitrogens with one attached hydrogen (secondary N) is 1. The monoisotopic (exact) mass is 470 g/mol. The van der Waals surface area contributed by atoms with Crippen molar-refractivity contribution in [1.29, 1.82) is 0 Å². The Morgan fingerprint density at radius 2 is 1.58 bits per heavy atom. The van der Waals surface area contributed by atoms with E-state index in [1.54, 1.807) is 20.8 Å². The van der Waals surface area contributed by atoms with E-state index in [2.05, 4.69) is 4.98 Å². The third kappa shape index (κ3) is 5.59. The molecule has 1 aliphatic rings. The molecule has 0 bridgehead atoms. The molecule has 1 heterocycles. The lowest BCUT2D eigenvalue weighted by Gasteiger charge is -2.32. The summed E-state index contributed by atoms with van der Waals surface area (Å²) in [6, 6.07) is 12.2. The number of carbonyl (C=O) groups is 2. The van der Waals surface area contributed by atoms with Gasteiger partial charge >= 0.3 is 22.2 Å². The van der Waals surface area contributed by atoms with Gasteiger partial charge in [0.25, 0.3) is 5.59 Å². The molecule has 0 unspecified atom stereocenters. The molecule has 1 N–H and O–H groups in total. The van der Waals surface area contributed by atoms with E-state index in [0.717, 1.165) is 21.8 Å². The van der Waals surface area contributed by atoms with Gasteiger partial charge in [-0.05, 0) is 76.3 Å². The van der Waals surface area contributed by atoms with Crippen LogP contribution in [0.2, 0.25) is 0 Å². The first-order chi connectivity index (χ1) is 15.2. The fourth-order valence-corrected chi connectivity index (χ4v) is 5.20. The van der Waals surface area contributed by atoms with Gasteiger partial charge in [-0.3, -0.25) is 4.79 Å². The van der Waals surface area contributed by atoms with Crippen LogP contribution in [0.25, 0.3) is 10.8 Å². The predicted molar refractivity (Wildman–Crippen MR) is 131 cm³/mol. The van der Waals surface area contributed by atoms with Crippen LogP contribution in [0.4, 0.5) is 9.59 Å². The van der Waals surface area contributed by atoms with Gasteiger partial charge < -0.3 is 23.8 Å². The molecule has 2 aromatic carbocycles. The van der Waals surface area contributed by atoms with Crippen molar-refractivity contribution >= 4 is 44.0 Å². The third-order valence-electron chi connectivity index (χ3n) is 6.00. The van der Waals surface area contributed by atoms with E-state index in [4.69, 9.17) is 18.8 Å². The molecule has 7 nitrogen and oxygen atoms in total. The van der Waals surface area contributed by atoms with Gasteiger partial charge in [0.2, 0.25) is 0 Å². The average Bonchev–Trinajstić information content (AvgIpc) is 2.92. The van der Waals surface area contributed by atoms with E-state index >= 15 is 0 Å². The highest BCUT2D eigenvalue weighted by Gasteiger charge is 2.52. The van der Waals surface area contributed by atoms with Gasteiger partial charge in [0.1, 0.15) is 5.60 Å². The Kier molecular flexibility index (Phi) is 6.98. The highest BCUT2D eigenvalue weighted by molar-refractivity contribution is 6.87. The van der Waals surface area contributed by atoms with Crippen LogP contribution in [0.1, 0.15) is 54.0 Å². The second-order valence-corrected chi connectivity index (χ2v) is 12.2. The molecule has 1 amide bonds. The maximum Gasteiger partial charge on any atom is 0.495 e. The number of methoxy groups -OCH3 is 1. The Balaban J connectivity index is 1.93. The van der Waals surface area contributed by atoms with Crippen LogP contribution in [0.5, 0.6) is 0 Å². The smallest absolute Gasteiger partial charge is 0.472 e. The van der Waals surface area contributed by atoms with Crippen LogP contribution >= 0.6 is 0 Å². The first kappa shape index (κ1) is 25.3. The van der Waals surface area contributed by atoms with Gasteiger partial charge in [0.15, 0.2) is 0 Å². The lowest BCUT2D eigenvalue weighted by atomic mass is 9.76. The van der Waals surface area contributed by atoms with E-state index in [1.165, 1.54) is 7.11 Å². The number of rotatable bonds is 5. The third-order valence-corrected chi connectivity index (χ3v) is 7.94. The molecule has 0 aromatic heterocycles. The molecule has 177 valence electrons. The normalized spacial score (nSPS) is 17.3. The maximum atomic E-state index is 12.5. The summed E-state index contributed by atoms with van der Waals surface area (Å²) >= 11 is 0. The predicted octanol–water partition coefficient (Wildman–Crippen LogP) is 4.09. The van der Waals surface area contributed by atoms with Gasteiger partial charge in [-0.1, -0.05) is 36.4 Å². The minimum atomic E-state index is -2.10. The zero-order valence-corrected chi connectivity index (χ0v) is 21.7. The van der Waals surface area contributed by atoms with Crippen LogP contribution in [0, 0.1) is 0 Å². The molecule has 1 radical (unpaired) electrons. The second-order valence-electron chi connectivity index (χ2n) is 10.2. The molecular formula is C24H33BNO6Si. The molecule has 3 rings (SSSR count). The molecule has 33 heavy (non-hydrogen) atoms. The molecule has 0 atom stereocenters. The first-order valence-electron chi connectivity index (χ1n) is 11.0. The molecule has 1 saturated heterocycles. The zero-order valence-electron chi connectivity index (χ0n) is 20.7. The molecule has 0 saturated carbocycles. The number of benzene rings is 2. The van der Waals surface area contributed by atoms with E-state index < -0.39 is 44.6 Å². The maximum absolute atomic E-state index is 12.5. The Labute approximate surface area is 197 Å². The fraction of sp³-hybridized carbons (Fsp3) is 0.500. The van der Waals surface area contributed by atoms with Crippen LogP contribution in [0.3, 0.4) is 0 Å². The Morgan fingerprint density at radius 3 is 2.15 bits per heavy atom. The SMILES string of the molecule is COC(=O)[Si](Cc1cccc2c(B3OC(C)(C)C(C)(C)O3)cccc12)NC(=O)OC(C)(C)C. The highest BCUT2D eigenvalue weighted by Crippen LogP contribution is 2.37. The Bertz CT molecular complexity index is 1030. The van der Waals surface area contributed by atoms with Crippen molar-refractivity contribution in [1.82, 2.24) is 4.98 Å². The van der Waals surface area contributed by atoms with Gasteiger partial charge in [-0.25, -0.2) is 4.79 Å². The van der Waals surface area contributed by atoms with Crippen molar-refractivity contribution < 1.29 is 28.4 Å². The number of amides is 1. The summed E-state index contributed by atoms with van der Waals surface area (Å²) < 4.78 is 22.9. The quantitative estimate of drug-likeness (QED) is 0.663. The minimum Gasteiger partial charge on any atom is -0.472 e. The van der Waals surface area contributed by atoms with Crippen LogP contribution < -0.4 is 10.4 Å². The molecular weight excluding hydrogens is 437 g/mol. The fourth-order valence-electron chi connectivity index (χ4n) is 3.64. The summed E-state index contributed by atoms with van der Waals surface area (Å²) in [5, 5.41) is 1.96. The largest absolute Gasteiger partial charge is 0.495 e. The van der Waals surface area contributed by atoms with Crippen molar-refractivity contribution in [3.8, 4) is 0 Å². The summed E-state index contributed by atoms with van der Waals surface area (Å²) in [6.07, 6.45) is -0.625. The Morgan fingerprint density at radius 1 is 1.00 bits per heavy atom. The molecule has 1 fully saturated rings. The van der Waals surface area contributed by atoms with E-state index in [-0.39, 0.29) is 0 Å². The number of hydrogen-bond donors (Lipinski definition) is 1. The summed E-state index contributed by atoms with van der Waals surface area (Å²) in [5.74, 6) is 0. The molecule has 9 heteroatoms. The average molecular weight is 470 g/mol. The van der Waals surface area contributed by atoms with Gasteiger partial charge in [-0.2, -0.15) is 0 Å². The van der Waals surface area contributed by atoms with Gasteiger partial charge in [0.05, 0.1) is 18.3 Å². The number of ether oxygens (including phenoxy) is 2. The number of fused-ring (bicyclic) bond motifs is 1. The molecule has 0 aliphatic carbocycles. The second kappa shape index (κ2) is 9.12. The van der Waals surface area contributed by atoms with Gasteiger partial charge in [-0.15, -0.1) is 0 Å². The molecule has 1 aliphatic heterocycles. The van der Waals surface area contributed by atoms with Crippen LogP contribution in [-0.4, -0.2) is 51.7 Å². The molecule has 2 aromatic rings. The van der Waals surface area contributed by atoms with Crippen LogP contribution in [0.15, 0.2) is 36.4 Å². The lowest BCUT2D eigenvalue weighted by Crippen LogP contribution is -2.49. The van der Waals surface area contributed by atoms with Crippen molar-refractivity contribution in [3.05, 3.63) is 42.0 Å². The summed E-state index contributed by atoms with van der Waals surface area (Å²) in [5.41, 5.74) is -0.137. The lowest BCUT2D eigenvalue weighted by molar-refractivity contribution is 0.00578. The molecule has 0 spiro atoms. The Hall–Kier alpha value is -2.36. The van der Waals surface area contributed by atoms with Crippen molar-refractivity contribution in [2.24, 2.45) is 0 Å². The van der Waals surface area contributed by atoms with Crippen molar-refractivity contribution in [2.75, 3.05) is 7.11 Å². The highest BCUT2D eigenvalue weighted by atomic mass is 28.3. The van der Waals surface area contributed by atoms with Crippen LogP contribution in [-0.2, 0) is 24.8 Å². The summed E-state index contributed by atoms with van der Waals surface area (Å²) in [4.78, 5) is 27.6. The first-order valence-corrected chi connectivity index (χ1v) is 12.7. The standard InChI is InChI=1S/C24H33BNO6Si/c1-22(2,3)30-20(27)26-33(21(28)29-8)15-16-11-9-13-18-17(16)12-10-14-19(18)25-31-23(4,5)24(6,7)32-25/h9-14H,15H2,1-8H3,(H,26,27). The zero-order chi connectivity index (χ0) is 24.6. The topological polar surface area (TPSA) is 83.1 Å². The van der Waals surface area contributed by atoms with E-state index in [0.29, 0.717) is 6.04 Å².